The Kier molecular flexibility index (Phi) is 3.74. The number of aryl methyl sites for hydroxylation is 2. The van der Waals surface area contributed by atoms with Crippen LogP contribution in [0.1, 0.15) is 29.5 Å². The highest BCUT2D eigenvalue weighted by Crippen LogP contribution is 2.32. The average molecular weight is 329 g/mol. The average Bonchev–Trinajstić information content (AvgIpc) is 3.13. The van der Waals surface area contributed by atoms with Gasteiger partial charge < -0.3 is 14.6 Å². The van der Waals surface area contributed by atoms with Gasteiger partial charge in [-0.15, -0.1) is 11.3 Å². The summed E-state index contributed by atoms with van der Waals surface area (Å²) in [5.41, 5.74) is 1.12. The molecule has 0 amide bonds. The molecule has 1 saturated heterocycles. The molecule has 1 aliphatic heterocycles. The summed E-state index contributed by atoms with van der Waals surface area (Å²) in [6, 6.07) is 2.49. The molecule has 7 heteroatoms. The molecule has 6 nitrogen and oxygen atoms in total. The molecule has 4 rings (SSSR count). The number of aromatic nitrogens is 4. The van der Waals surface area contributed by atoms with E-state index < -0.39 is 0 Å². The molecular weight excluding hydrogens is 310 g/mol. The first-order chi connectivity index (χ1) is 11.2. The molecule has 3 aromatic heterocycles. The lowest BCUT2D eigenvalue weighted by molar-refractivity contribution is 0.00556. The quantitative estimate of drug-likeness (QED) is 0.800. The first kappa shape index (κ1) is 14.6. The van der Waals surface area contributed by atoms with Gasteiger partial charge in [0.2, 0.25) is 0 Å². The van der Waals surface area contributed by atoms with E-state index in [-0.39, 0.29) is 6.10 Å². The van der Waals surface area contributed by atoms with Gasteiger partial charge in [-0.05, 0) is 25.8 Å². The number of nitrogens with zero attached hydrogens (tertiary/aromatic N) is 4. The minimum Gasteiger partial charge on any atom is -0.372 e. The van der Waals surface area contributed by atoms with Crippen molar-refractivity contribution in [1.82, 2.24) is 19.5 Å². The van der Waals surface area contributed by atoms with E-state index in [2.05, 4.69) is 33.3 Å². The van der Waals surface area contributed by atoms with Crippen molar-refractivity contribution in [3.05, 3.63) is 35.5 Å². The lowest BCUT2D eigenvalue weighted by Gasteiger charge is -2.30. The van der Waals surface area contributed by atoms with Crippen molar-refractivity contribution < 1.29 is 4.74 Å². The molecule has 2 atom stereocenters. The van der Waals surface area contributed by atoms with Gasteiger partial charge in [-0.1, -0.05) is 0 Å². The first-order valence-corrected chi connectivity index (χ1v) is 8.58. The molecule has 23 heavy (non-hydrogen) atoms. The van der Waals surface area contributed by atoms with Crippen LogP contribution in [0.4, 0.5) is 5.82 Å². The summed E-state index contributed by atoms with van der Waals surface area (Å²) in [5, 5.41) is 4.70. The number of fused-ring (bicyclic) bond motifs is 1. The number of imidazole rings is 1. The van der Waals surface area contributed by atoms with E-state index in [0.29, 0.717) is 6.04 Å². The summed E-state index contributed by atoms with van der Waals surface area (Å²) in [6.07, 6.45) is 7.31. The van der Waals surface area contributed by atoms with E-state index >= 15 is 0 Å². The van der Waals surface area contributed by atoms with Gasteiger partial charge in [0.15, 0.2) is 0 Å². The number of hydrogen-bond donors (Lipinski definition) is 1. The third-order valence-corrected chi connectivity index (χ3v) is 5.22. The second-order valence-corrected chi connectivity index (χ2v) is 7.19. The number of anilines is 1. The van der Waals surface area contributed by atoms with Crippen LogP contribution in [0, 0.1) is 6.92 Å². The second kappa shape index (κ2) is 5.90. The van der Waals surface area contributed by atoms with Gasteiger partial charge in [0.05, 0.1) is 23.6 Å². The zero-order chi connectivity index (χ0) is 15.8. The molecule has 4 heterocycles. The molecule has 3 aromatic rings. The van der Waals surface area contributed by atoms with Crippen molar-refractivity contribution in [2.24, 2.45) is 7.05 Å². The summed E-state index contributed by atoms with van der Waals surface area (Å²) < 4.78 is 7.96. The number of thiophene rings is 1. The summed E-state index contributed by atoms with van der Waals surface area (Å²) in [6.45, 7) is 2.84. The summed E-state index contributed by atoms with van der Waals surface area (Å²) >= 11 is 1.70. The number of nitrogens with one attached hydrogen (secondary N) is 1. The Hall–Kier alpha value is -1.99. The molecule has 120 valence electrons. The molecule has 0 aromatic carbocycles. The van der Waals surface area contributed by atoms with Crippen LogP contribution in [-0.4, -0.2) is 32.2 Å². The van der Waals surface area contributed by atoms with E-state index in [1.165, 1.54) is 4.88 Å². The third kappa shape index (κ3) is 2.82. The van der Waals surface area contributed by atoms with Crippen LogP contribution in [-0.2, 0) is 11.8 Å². The Morgan fingerprint density at radius 1 is 1.39 bits per heavy atom. The highest BCUT2D eigenvalue weighted by Gasteiger charge is 2.26. The maximum atomic E-state index is 5.93. The van der Waals surface area contributed by atoms with E-state index in [0.717, 1.165) is 41.2 Å². The first-order valence-electron chi connectivity index (χ1n) is 7.76. The van der Waals surface area contributed by atoms with Gasteiger partial charge in [0.1, 0.15) is 23.1 Å². The molecule has 1 fully saturated rings. The minimum atomic E-state index is 0.0790. The van der Waals surface area contributed by atoms with Crippen LogP contribution in [0.2, 0.25) is 0 Å². The zero-order valence-corrected chi connectivity index (χ0v) is 14.0. The van der Waals surface area contributed by atoms with Gasteiger partial charge in [-0.2, -0.15) is 0 Å². The monoisotopic (exact) mass is 329 g/mol. The normalized spacial score (nSPS) is 21.7. The van der Waals surface area contributed by atoms with Crippen LogP contribution in [0.3, 0.4) is 0 Å². The Labute approximate surface area is 138 Å². The Bertz CT molecular complexity index is 827. The molecule has 0 bridgehead atoms. The standard InChI is InChI=1S/C16H19N5OS/c1-10-5-12-15(18-8-19-16(12)23-10)20-11-3-4-22-14(6-11)13-7-17-9-21(13)2/h5,7-9,11,14H,3-4,6H2,1-2H3,(H,18,19,20)/t11-,14-/m1/s1. The van der Waals surface area contributed by atoms with Crippen molar-refractivity contribution in [2.75, 3.05) is 11.9 Å². The molecule has 0 unspecified atom stereocenters. The van der Waals surface area contributed by atoms with Gasteiger partial charge in [0, 0.05) is 24.6 Å². The van der Waals surface area contributed by atoms with Crippen LogP contribution in [0.15, 0.2) is 24.9 Å². The van der Waals surface area contributed by atoms with E-state index in [1.807, 2.05) is 24.1 Å². The van der Waals surface area contributed by atoms with Crippen LogP contribution in [0.25, 0.3) is 10.2 Å². The highest BCUT2D eigenvalue weighted by atomic mass is 32.1. The van der Waals surface area contributed by atoms with Crippen LogP contribution >= 0.6 is 11.3 Å². The van der Waals surface area contributed by atoms with E-state index in [4.69, 9.17) is 4.74 Å². The van der Waals surface area contributed by atoms with E-state index in [1.54, 1.807) is 17.7 Å². The molecular formula is C16H19N5OS. The summed E-state index contributed by atoms with van der Waals surface area (Å²) in [5.74, 6) is 0.926. The molecule has 0 aliphatic carbocycles. The van der Waals surface area contributed by atoms with Gasteiger partial charge in [-0.25, -0.2) is 15.0 Å². The lowest BCUT2D eigenvalue weighted by atomic mass is 10.0. The molecule has 1 aliphatic rings. The highest BCUT2D eigenvalue weighted by molar-refractivity contribution is 7.18. The van der Waals surface area contributed by atoms with Crippen molar-refractivity contribution >= 4 is 27.4 Å². The number of rotatable bonds is 3. The van der Waals surface area contributed by atoms with Crippen molar-refractivity contribution in [1.29, 1.82) is 0 Å². The summed E-state index contributed by atoms with van der Waals surface area (Å²) in [4.78, 5) is 15.3. The summed E-state index contributed by atoms with van der Waals surface area (Å²) in [7, 11) is 2.00. The predicted octanol–water partition coefficient (Wildman–Crippen LogP) is 3.07. The SMILES string of the molecule is Cc1cc2c(N[C@@H]3CCO[C@@H](c4cncn4C)C3)ncnc2s1. The van der Waals surface area contributed by atoms with Crippen LogP contribution < -0.4 is 5.32 Å². The Morgan fingerprint density at radius 2 is 2.30 bits per heavy atom. The van der Waals surface area contributed by atoms with Gasteiger partial charge in [0.25, 0.3) is 0 Å². The Morgan fingerprint density at radius 3 is 3.13 bits per heavy atom. The van der Waals surface area contributed by atoms with Crippen molar-refractivity contribution in [3.63, 3.8) is 0 Å². The maximum absolute atomic E-state index is 5.93. The van der Waals surface area contributed by atoms with Crippen molar-refractivity contribution in [3.8, 4) is 0 Å². The molecule has 1 N–H and O–H groups in total. The smallest absolute Gasteiger partial charge is 0.138 e. The van der Waals surface area contributed by atoms with Crippen molar-refractivity contribution in [2.45, 2.75) is 31.9 Å². The molecule has 0 spiro atoms. The fraction of sp³-hybridized carbons (Fsp3) is 0.438. The van der Waals surface area contributed by atoms with Crippen LogP contribution in [0.5, 0.6) is 0 Å². The maximum Gasteiger partial charge on any atom is 0.138 e. The largest absolute Gasteiger partial charge is 0.372 e. The third-order valence-electron chi connectivity index (χ3n) is 4.26. The van der Waals surface area contributed by atoms with Gasteiger partial charge in [-0.3, -0.25) is 0 Å². The Balaban J connectivity index is 1.55. The van der Waals surface area contributed by atoms with E-state index in [9.17, 15) is 0 Å². The molecule has 0 saturated carbocycles. The minimum absolute atomic E-state index is 0.0790. The lowest BCUT2D eigenvalue weighted by Crippen LogP contribution is -2.31. The number of ether oxygens (including phenoxy) is 1. The van der Waals surface area contributed by atoms with Gasteiger partial charge >= 0.3 is 0 Å². The fourth-order valence-electron chi connectivity index (χ4n) is 3.10. The second-order valence-electron chi connectivity index (χ2n) is 5.95. The topological polar surface area (TPSA) is 64.9 Å². The molecule has 0 radical (unpaired) electrons. The predicted molar refractivity (Wildman–Crippen MR) is 90.7 cm³/mol. The number of hydrogen-bond acceptors (Lipinski definition) is 6. The zero-order valence-electron chi connectivity index (χ0n) is 13.2. The fourth-order valence-corrected chi connectivity index (χ4v) is 3.94.